The van der Waals surface area contributed by atoms with Crippen LogP contribution < -0.4 is 0 Å². The molecule has 4 heteroatoms. The second-order valence-electron chi connectivity index (χ2n) is 2.94. The second-order valence-corrected chi connectivity index (χ2v) is 4.10. The lowest BCUT2D eigenvalue weighted by atomic mass is 10.0. The molecule has 0 aliphatic carbocycles. The monoisotopic (exact) mass is 301 g/mol. The number of aryl methyl sites for hydroxylation is 1. The van der Waals surface area contributed by atoms with Crippen LogP contribution in [0, 0.1) is 21.8 Å². The lowest BCUT2D eigenvalue weighted by Gasteiger charge is -2.04. The molecule has 0 atom stereocenters. The number of hydrogen-bond donors (Lipinski definition) is 1. The summed E-state index contributed by atoms with van der Waals surface area (Å²) in [6, 6.07) is 5.51. The molecule has 0 spiro atoms. The molecule has 0 bridgehead atoms. The number of carboxylic acids is 1. The summed E-state index contributed by atoms with van der Waals surface area (Å²) in [5.41, 5.74) is 2.12. The molecule has 0 aliphatic heterocycles. The number of nitrogens with zero attached hydrogens (tertiary/aromatic N) is 1. The van der Waals surface area contributed by atoms with E-state index in [1.165, 1.54) is 0 Å². The zero-order valence-corrected chi connectivity index (χ0v) is 9.70. The van der Waals surface area contributed by atoms with Crippen LogP contribution in [0.1, 0.15) is 16.7 Å². The largest absolute Gasteiger partial charge is 0.481 e. The van der Waals surface area contributed by atoms with Crippen LogP contribution in [-0.4, -0.2) is 11.1 Å². The molecular formula is C10H8INO2. The predicted molar refractivity (Wildman–Crippen MR) is 60.0 cm³/mol. The summed E-state index contributed by atoms with van der Waals surface area (Å²) >= 11 is 2.08. The molecule has 1 aromatic rings. The van der Waals surface area contributed by atoms with E-state index in [1.807, 2.05) is 19.1 Å². The Hall–Kier alpha value is -1.09. The average molecular weight is 301 g/mol. The zero-order chi connectivity index (χ0) is 10.7. The molecule has 0 amide bonds. The number of carboxylic acid groups (broad SMARTS) is 1. The first-order valence-corrected chi connectivity index (χ1v) is 5.03. The molecule has 72 valence electrons. The van der Waals surface area contributed by atoms with Gasteiger partial charge in [-0.2, -0.15) is 5.26 Å². The summed E-state index contributed by atoms with van der Waals surface area (Å²) in [5.74, 6) is -0.879. The van der Waals surface area contributed by atoms with Crippen LogP contribution >= 0.6 is 22.6 Å². The van der Waals surface area contributed by atoms with Gasteiger partial charge < -0.3 is 5.11 Å². The van der Waals surface area contributed by atoms with E-state index >= 15 is 0 Å². The van der Waals surface area contributed by atoms with Gasteiger partial charge in [0.1, 0.15) is 0 Å². The van der Waals surface area contributed by atoms with Crippen LogP contribution in [-0.2, 0) is 11.2 Å². The Labute approximate surface area is 95.5 Å². The van der Waals surface area contributed by atoms with E-state index in [0.29, 0.717) is 11.1 Å². The molecule has 0 aromatic heterocycles. The van der Waals surface area contributed by atoms with E-state index in [0.717, 1.165) is 9.13 Å². The van der Waals surface area contributed by atoms with Gasteiger partial charge in [0.25, 0.3) is 0 Å². The summed E-state index contributed by atoms with van der Waals surface area (Å²) in [6.07, 6.45) is -0.0345. The standard InChI is InChI=1S/C10H8INO2/c1-6-2-9(11)7(4-10(13)14)3-8(6)5-12/h2-3H,4H2,1H3,(H,13,14). The first kappa shape index (κ1) is 11.0. The second kappa shape index (κ2) is 4.42. The lowest BCUT2D eigenvalue weighted by Crippen LogP contribution is -2.03. The van der Waals surface area contributed by atoms with E-state index in [1.54, 1.807) is 6.07 Å². The van der Waals surface area contributed by atoms with Crippen molar-refractivity contribution in [3.05, 3.63) is 32.4 Å². The summed E-state index contributed by atoms with van der Waals surface area (Å²) in [5, 5.41) is 17.4. The highest BCUT2D eigenvalue weighted by molar-refractivity contribution is 14.1. The first-order valence-electron chi connectivity index (χ1n) is 3.95. The quantitative estimate of drug-likeness (QED) is 0.851. The summed E-state index contributed by atoms with van der Waals surface area (Å²) in [4.78, 5) is 10.5. The van der Waals surface area contributed by atoms with Gasteiger partial charge in [-0.25, -0.2) is 0 Å². The Morgan fingerprint density at radius 1 is 1.64 bits per heavy atom. The maximum absolute atomic E-state index is 10.5. The molecule has 3 nitrogen and oxygen atoms in total. The molecule has 0 unspecified atom stereocenters. The Kier molecular flexibility index (Phi) is 3.47. The molecule has 0 heterocycles. The maximum Gasteiger partial charge on any atom is 0.307 e. The van der Waals surface area contributed by atoms with Gasteiger partial charge in [0.05, 0.1) is 18.1 Å². The lowest BCUT2D eigenvalue weighted by molar-refractivity contribution is -0.136. The van der Waals surface area contributed by atoms with Gasteiger partial charge in [-0.15, -0.1) is 0 Å². The average Bonchev–Trinajstić information content (AvgIpc) is 2.09. The van der Waals surface area contributed by atoms with Crippen LogP contribution in [0.4, 0.5) is 0 Å². The van der Waals surface area contributed by atoms with E-state index in [9.17, 15) is 4.79 Å². The number of halogens is 1. The topological polar surface area (TPSA) is 61.1 Å². The van der Waals surface area contributed by atoms with Crippen LogP contribution in [0.5, 0.6) is 0 Å². The SMILES string of the molecule is Cc1cc(I)c(CC(=O)O)cc1C#N. The van der Waals surface area contributed by atoms with Crippen LogP contribution in [0.2, 0.25) is 0 Å². The van der Waals surface area contributed by atoms with Gasteiger partial charge in [0.2, 0.25) is 0 Å². The van der Waals surface area contributed by atoms with E-state index in [4.69, 9.17) is 10.4 Å². The van der Waals surface area contributed by atoms with Crippen molar-refractivity contribution in [1.29, 1.82) is 5.26 Å². The fraction of sp³-hybridized carbons (Fsp3) is 0.200. The van der Waals surface area contributed by atoms with Gasteiger partial charge in [-0.3, -0.25) is 4.79 Å². The van der Waals surface area contributed by atoms with Crippen molar-refractivity contribution in [3.63, 3.8) is 0 Å². The molecule has 14 heavy (non-hydrogen) atoms. The highest BCUT2D eigenvalue weighted by atomic mass is 127. The number of carbonyl (C=O) groups is 1. The maximum atomic E-state index is 10.5. The molecule has 0 fully saturated rings. The number of benzene rings is 1. The van der Waals surface area contributed by atoms with Crippen LogP contribution in [0.25, 0.3) is 0 Å². The molecule has 1 N–H and O–H groups in total. The van der Waals surface area contributed by atoms with E-state index < -0.39 is 5.97 Å². The molecule has 1 rings (SSSR count). The van der Waals surface area contributed by atoms with Gasteiger partial charge in [-0.05, 0) is 52.8 Å². The van der Waals surface area contributed by atoms with Crippen molar-refractivity contribution in [2.24, 2.45) is 0 Å². The highest BCUT2D eigenvalue weighted by Gasteiger charge is 2.08. The Morgan fingerprint density at radius 3 is 2.79 bits per heavy atom. The van der Waals surface area contributed by atoms with E-state index in [2.05, 4.69) is 22.6 Å². The molecular weight excluding hydrogens is 293 g/mol. The fourth-order valence-corrected chi connectivity index (χ4v) is 1.95. The minimum atomic E-state index is -0.879. The molecule has 1 aromatic carbocycles. The van der Waals surface area contributed by atoms with Crippen molar-refractivity contribution in [1.82, 2.24) is 0 Å². The van der Waals surface area contributed by atoms with Gasteiger partial charge in [0.15, 0.2) is 0 Å². The van der Waals surface area contributed by atoms with Gasteiger partial charge in [-0.1, -0.05) is 0 Å². The third-order valence-corrected chi connectivity index (χ3v) is 2.86. The predicted octanol–water partition coefficient (Wildman–Crippen LogP) is 2.10. The van der Waals surface area contributed by atoms with Gasteiger partial charge in [0, 0.05) is 3.57 Å². The summed E-state index contributed by atoms with van der Waals surface area (Å²) < 4.78 is 0.890. The highest BCUT2D eigenvalue weighted by Crippen LogP contribution is 2.18. The number of aliphatic carboxylic acids is 1. The minimum Gasteiger partial charge on any atom is -0.481 e. The minimum absolute atomic E-state index is 0.0345. The van der Waals surface area contributed by atoms with Crippen molar-refractivity contribution < 1.29 is 9.90 Å². The number of hydrogen-bond acceptors (Lipinski definition) is 2. The Balaban J connectivity index is 3.19. The molecule has 0 saturated heterocycles. The smallest absolute Gasteiger partial charge is 0.307 e. The number of nitriles is 1. The van der Waals surface area contributed by atoms with Crippen LogP contribution in [0.3, 0.4) is 0 Å². The third-order valence-electron chi connectivity index (χ3n) is 1.86. The Bertz CT molecular complexity index is 421. The number of rotatable bonds is 2. The normalized spacial score (nSPS) is 9.50. The zero-order valence-electron chi connectivity index (χ0n) is 7.54. The third kappa shape index (κ3) is 2.45. The fourth-order valence-electron chi connectivity index (χ4n) is 1.14. The summed E-state index contributed by atoms with van der Waals surface area (Å²) in [6.45, 7) is 1.84. The summed E-state index contributed by atoms with van der Waals surface area (Å²) in [7, 11) is 0. The van der Waals surface area contributed by atoms with E-state index in [-0.39, 0.29) is 6.42 Å². The first-order chi connectivity index (χ1) is 6.54. The molecule has 0 aliphatic rings. The molecule has 0 saturated carbocycles. The Morgan fingerprint density at radius 2 is 2.29 bits per heavy atom. The van der Waals surface area contributed by atoms with Crippen LogP contribution in [0.15, 0.2) is 12.1 Å². The molecule has 0 radical (unpaired) electrons. The van der Waals surface area contributed by atoms with Crippen molar-refractivity contribution in [2.45, 2.75) is 13.3 Å². The van der Waals surface area contributed by atoms with Crippen molar-refractivity contribution >= 4 is 28.6 Å². The van der Waals surface area contributed by atoms with Gasteiger partial charge >= 0.3 is 5.97 Å². The van der Waals surface area contributed by atoms with Crippen molar-refractivity contribution in [2.75, 3.05) is 0 Å². The van der Waals surface area contributed by atoms with Crippen molar-refractivity contribution in [3.8, 4) is 6.07 Å².